The quantitative estimate of drug-likeness (QED) is 0.360. The first-order valence-electron chi connectivity index (χ1n) is 10.0. The second-order valence-electron chi connectivity index (χ2n) is 7.26. The number of aryl methyl sites for hydroxylation is 1. The molecule has 0 heterocycles. The number of nitrogens with one attached hydrogen (secondary N) is 2. The van der Waals surface area contributed by atoms with Crippen molar-refractivity contribution >= 4 is 23.0 Å². The van der Waals surface area contributed by atoms with Gasteiger partial charge in [-0.1, -0.05) is 12.1 Å². The molecule has 0 fully saturated rings. The van der Waals surface area contributed by atoms with E-state index < -0.39 is 4.92 Å². The predicted octanol–water partition coefficient (Wildman–Crippen LogP) is 5.06. The van der Waals surface area contributed by atoms with Crippen molar-refractivity contribution in [3.05, 3.63) is 87.5 Å². The molecule has 8 nitrogen and oxygen atoms in total. The highest BCUT2D eigenvalue weighted by Gasteiger charge is 2.09. The third-order valence-electron chi connectivity index (χ3n) is 4.81. The standard InChI is InChI=1S/C24H25N3O5/c1-16-4-8-20(13-22(16)26-17(2)28)25-14-19-7-11-23(24(12-19)31-3)32-15-18-5-9-21(10-6-18)27(29)30/h4-13,25H,14-15H2,1-3H3,(H,26,28). The third kappa shape index (κ3) is 5.98. The van der Waals surface area contributed by atoms with Crippen molar-refractivity contribution in [3.8, 4) is 11.5 Å². The van der Waals surface area contributed by atoms with Gasteiger partial charge in [0.15, 0.2) is 11.5 Å². The van der Waals surface area contributed by atoms with Gasteiger partial charge in [-0.15, -0.1) is 0 Å². The molecule has 166 valence electrons. The van der Waals surface area contributed by atoms with Crippen LogP contribution < -0.4 is 20.1 Å². The largest absolute Gasteiger partial charge is 0.493 e. The summed E-state index contributed by atoms with van der Waals surface area (Å²) in [6.07, 6.45) is 0. The predicted molar refractivity (Wildman–Crippen MR) is 123 cm³/mol. The molecule has 0 aliphatic rings. The Labute approximate surface area is 186 Å². The highest BCUT2D eigenvalue weighted by atomic mass is 16.6. The number of carbonyl (C=O) groups is 1. The van der Waals surface area contributed by atoms with Crippen LogP contribution in [0, 0.1) is 17.0 Å². The molecule has 0 aliphatic carbocycles. The second-order valence-corrected chi connectivity index (χ2v) is 7.26. The minimum Gasteiger partial charge on any atom is -0.493 e. The number of hydrogen-bond acceptors (Lipinski definition) is 6. The summed E-state index contributed by atoms with van der Waals surface area (Å²) in [6.45, 7) is 4.25. The molecule has 2 N–H and O–H groups in total. The van der Waals surface area contributed by atoms with Gasteiger partial charge >= 0.3 is 0 Å². The minimum atomic E-state index is -0.433. The molecular weight excluding hydrogens is 410 g/mol. The van der Waals surface area contributed by atoms with Crippen LogP contribution >= 0.6 is 0 Å². The number of nitro benzene ring substituents is 1. The molecule has 1 amide bonds. The maximum Gasteiger partial charge on any atom is 0.269 e. The number of methoxy groups -OCH3 is 1. The van der Waals surface area contributed by atoms with E-state index in [0.29, 0.717) is 18.0 Å². The van der Waals surface area contributed by atoms with E-state index in [-0.39, 0.29) is 18.2 Å². The fourth-order valence-electron chi connectivity index (χ4n) is 3.08. The van der Waals surface area contributed by atoms with E-state index >= 15 is 0 Å². The number of nitrogens with zero attached hydrogens (tertiary/aromatic N) is 1. The lowest BCUT2D eigenvalue weighted by Crippen LogP contribution is -2.08. The molecule has 3 aromatic carbocycles. The van der Waals surface area contributed by atoms with Gasteiger partial charge in [0.1, 0.15) is 6.61 Å². The van der Waals surface area contributed by atoms with Gasteiger partial charge in [0.25, 0.3) is 5.69 Å². The number of nitro groups is 1. The van der Waals surface area contributed by atoms with E-state index in [0.717, 1.165) is 28.1 Å². The van der Waals surface area contributed by atoms with Gasteiger partial charge in [0, 0.05) is 37.0 Å². The lowest BCUT2D eigenvalue weighted by Gasteiger charge is -2.14. The van der Waals surface area contributed by atoms with Crippen molar-refractivity contribution in [1.29, 1.82) is 0 Å². The Bertz CT molecular complexity index is 1110. The highest BCUT2D eigenvalue weighted by Crippen LogP contribution is 2.29. The fraction of sp³-hybridized carbons (Fsp3) is 0.208. The average Bonchev–Trinajstić information content (AvgIpc) is 2.78. The van der Waals surface area contributed by atoms with Crippen LogP contribution in [0.2, 0.25) is 0 Å². The van der Waals surface area contributed by atoms with Crippen LogP contribution in [0.3, 0.4) is 0 Å². The van der Waals surface area contributed by atoms with Crippen LogP contribution in [0.15, 0.2) is 60.7 Å². The summed E-state index contributed by atoms with van der Waals surface area (Å²) in [5.41, 5.74) is 4.50. The fourth-order valence-corrected chi connectivity index (χ4v) is 3.08. The highest BCUT2D eigenvalue weighted by molar-refractivity contribution is 5.90. The van der Waals surface area contributed by atoms with E-state index in [1.54, 1.807) is 19.2 Å². The summed E-state index contributed by atoms with van der Waals surface area (Å²) < 4.78 is 11.3. The summed E-state index contributed by atoms with van der Waals surface area (Å²) in [7, 11) is 1.57. The van der Waals surface area contributed by atoms with Crippen molar-refractivity contribution in [1.82, 2.24) is 0 Å². The number of carbonyl (C=O) groups excluding carboxylic acids is 1. The number of anilines is 2. The molecule has 3 rings (SSSR count). The molecule has 0 atom stereocenters. The lowest BCUT2D eigenvalue weighted by molar-refractivity contribution is -0.384. The molecule has 0 saturated carbocycles. The maximum absolute atomic E-state index is 11.4. The van der Waals surface area contributed by atoms with E-state index in [1.165, 1.54) is 19.1 Å². The zero-order valence-corrected chi connectivity index (χ0v) is 18.2. The Morgan fingerprint density at radius 3 is 2.38 bits per heavy atom. The SMILES string of the molecule is COc1cc(CNc2ccc(C)c(NC(C)=O)c2)ccc1OCc1ccc([N+](=O)[O-])cc1. The molecule has 3 aromatic rings. The molecule has 0 saturated heterocycles. The van der Waals surface area contributed by atoms with Crippen LogP contribution in [-0.4, -0.2) is 17.9 Å². The monoisotopic (exact) mass is 435 g/mol. The smallest absolute Gasteiger partial charge is 0.269 e. The summed E-state index contributed by atoms with van der Waals surface area (Å²) in [5.74, 6) is 1.06. The molecule has 0 radical (unpaired) electrons. The Hall–Kier alpha value is -4.07. The molecule has 32 heavy (non-hydrogen) atoms. The third-order valence-corrected chi connectivity index (χ3v) is 4.81. The minimum absolute atomic E-state index is 0.0426. The first kappa shape index (κ1) is 22.6. The van der Waals surface area contributed by atoms with Crippen molar-refractivity contribution in [2.24, 2.45) is 0 Å². The maximum atomic E-state index is 11.4. The van der Waals surface area contributed by atoms with Crippen molar-refractivity contribution in [2.75, 3.05) is 17.7 Å². The summed E-state index contributed by atoms with van der Waals surface area (Å²) in [4.78, 5) is 21.7. The van der Waals surface area contributed by atoms with Gasteiger partial charge < -0.3 is 20.1 Å². The second kappa shape index (κ2) is 10.3. The van der Waals surface area contributed by atoms with E-state index in [1.807, 2.05) is 43.3 Å². The van der Waals surface area contributed by atoms with E-state index in [9.17, 15) is 14.9 Å². The number of amides is 1. The molecule has 0 spiro atoms. The molecule has 0 bridgehead atoms. The van der Waals surface area contributed by atoms with Crippen molar-refractivity contribution < 1.29 is 19.2 Å². The van der Waals surface area contributed by atoms with Gasteiger partial charge in [-0.3, -0.25) is 14.9 Å². The van der Waals surface area contributed by atoms with Crippen LogP contribution in [0.25, 0.3) is 0 Å². The Morgan fingerprint density at radius 2 is 1.72 bits per heavy atom. The van der Waals surface area contributed by atoms with Gasteiger partial charge in [-0.2, -0.15) is 0 Å². The number of benzene rings is 3. The number of ether oxygens (including phenoxy) is 2. The summed E-state index contributed by atoms with van der Waals surface area (Å²) >= 11 is 0. The van der Waals surface area contributed by atoms with Crippen molar-refractivity contribution in [2.45, 2.75) is 27.0 Å². The number of non-ortho nitro benzene ring substituents is 1. The first-order valence-corrected chi connectivity index (χ1v) is 10.0. The summed E-state index contributed by atoms with van der Waals surface area (Å²) in [6, 6.07) is 17.7. The zero-order chi connectivity index (χ0) is 23.1. The van der Waals surface area contributed by atoms with Crippen LogP contribution in [-0.2, 0) is 17.9 Å². The van der Waals surface area contributed by atoms with Crippen LogP contribution in [0.5, 0.6) is 11.5 Å². The van der Waals surface area contributed by atoms with Gasteiger partial charge in [0.05, 0.1) is 12.0 Å². The van der Waals surface area contributed by atoms with Gasteiger partial charge in [-0.05, 0) is 60.0 Å². The Kier molecular flexibility index (Phi) is 7.28. The molecule has 0 unspecified atom stereocenters. The molecular formula is C24H25N3O5. The van der Waals surface area contributed by atoms with E-state index in [2.05, 4.69) is 10.6 Å². The lowest BCUT2D eigenvalue weighted by atomic mass is 10.1. The van der Waals surface area contributed by atoms with Gasteiger partial charge in [-0.25, -0.2) is 0 Å². The zero-order valence-electron chi connectivity index (χ0n) is 18.2. The van der Waals surface area contributed by atoms with Gasteiger partial charge in [0.2, 0.25) is 5.91 Å². The van der Waals surface area contributed by atoms with Crippen LogP contribution in [0.1, 0.15) is 23.6 Å². The first-order chi connectivity index (χ1) is 15.4. The molecule has 8 heteroatoms. The molecule has 0 aliphatic heterocycles. The topological polar surface area (TPSA) is 103 Å². The average molecular weight is 435 g/mol. The van der Waals surface area contributed by atoms with E-state index in [4.69, 9.17) is 9.47 Å². The Morgan fingerprint density at radius 1 is 1.00 bits per heavy atom. The summed E-state index contributed by atoms with van der Waals surface area (Å²) in [5, 5.41) is 16.9. The van der Waals surface area contributed by atoms with Crippen molar-refractivity contribution in [3.63, 3.8) is 0 Å². The van der Waals surface area contributed by atoms with Crippen LogP contribution in [0.4, 0.5) is 17.1 Å². The number of hydrogen-bond donors (Lipinski definition) is 2. The number of rotatable bonds is 9. The Balaban J connectivity index is 1.63. The normalized spacial score (nSPS) is 10.3. The molecule has 0 aromatic heterocycles.